The van der Waals surface area contributed by atoms with Crippen LogP contribution in [0, 0.1) is 6.92 Å². The Hall–Kier alpha value is -1.75. The van der Waals surface area contributed by atoms with E-state index in [1.807, 2.05) is 19.1 Å². The van der Waals surface area contributed by atoms with Gasteiger partial charge < -0.3 is 5.11 Å². The Bertz CT molecular complexity index is 563. The van der Waals surface area contributed by atoms with Gasteiger partial charge >= 0.3 is 5.97 Å². The molecule has 88 valence electrons. The quantitative estimate of drug-likeness (QED) is 0.907. The summed E-state index contributed by atoms with van der Waals surface area (Å²) in [6.45, 7) is 3.75. The van der Waals surface area contributed by atoms with Gasteiger partial charge in [-0.2, -0.15) is 0 Å². The van der Waals surface area contributed by atoms with E-state index < -0.39 is 5.97 Å². The number of carbonyl (C=O) groups is 1. The minimum atomic E-state index is -0.930. The van der Waals surface area contributed by atoms with Crippen LogP contribution in [0.5, 0.6) is 0 Å². The van der Waals surface area contributed by atoms with Gasteiger partial charge in [0.15, 0.2) is 0 Å². The highest BCUT2D eigenvalue weighted by atomic mass is 32.1. The van der Waals surface area contributed by atoms with E-state index in [0.29, 0.717) is 10.7 Å². The lowest BCUT2D eigenvalue weighted by molar-refractivity contribution is 0.0701. The van der Waals surface area contributed by atoms with Crippen molar-refractivity contribution in [3.63, 3.8) is 0 Å². The van der Waals surface area contributed by atoms with Crippen molar-refractivity contribution in [2.24, 2.45) is 0 Å². The predicted octanol–water partition coefficient (Wildman–Crippen LogP) is 2.77. The fraction of sp³-hybridized carbons (Fsp3) is 0.250. The molecule has 0 atom stereocenters. The number of aromatic nitrogens is 2. The number of aromatic carboxylic acids is 1. The van der Waals surface area contributed by atoms with Gasteiger partial charge in [-0.25, -0.2) is 9.78 Å². The first kappa shape index (κ1) is 11.7. The minimum Gasteiger partial charge on any atom is -0.477 e. The van der Waals surface area contributed by atoms with Gasteiger partial charge in [-0.1, -0.05) is 13.0 Å². The highest BCUT2D eigenvalue weighted by Crippen LogP contribution is 2.28. The van der Waals surface area contributed by atoms with Crippen molar-refractivity contribution in [3.8, 4) is 10.7 Å². The van der Waals surface area contributed by atoms with Crippen molar-refractivity contribution in [3.05, 3.63) is 34.5 Å². The lowest BCUT2D eigenvalue weighted by atomic mass is 10.1. The van der Waals surface area contributed by atoms with Crippen molar-refractivity contribution >= 4 is 17.3 Å². The summed E-state index contributed by atoms with van der Waals surface area (Å²) in [5.74, 6) is -0.930. The average molecular weight is 248 g/mol. The summed E-state index contributed by atoms with van der Waals surface area (Å²) in [6.07, 6.45) is 2.55. The molecule has 4 nitrogen and oxygen atoms in total. The Kier molecular flexibility index (Phi) is 3.19. The molecule has 2 aromatic heterocycles. The van der Waals surface area contributed by atoms with Crippen LogP contribution < -0.4 is 0 Å². The van der Waals surface area contributed by atoms with Gasteiger partial charge in [0.05, 0.1) is 5.69 Å². The molecule has 0 spiro atoms. The number of hydrogen-bond acceptors (Lipinski definition) is 4. The van der Waals surface area contributed by atoms with Gasteiger partial charge in [0.25, 0.3) is 0 Å². The van der Waals surface area contributed by atoms with Gasteiger partial charge in [-0.15, -0.1) is 11.3 Å². The Balaban J connectivity index is 2.53. The zero-order valence-corrected chi connectivity index (χ0v) is 10.4. The Morgan fingerprint density at radius 2 is 2.29 bits per heavy atom. The standard InChI is InChI=1S/C12H12N2O2S/c1-3-8-5-4-6-13-9(8)11-14-7(2)10(17-11)12(15)16/h4-6H,3H2,1-2H3,(H,15,16). The maximum atomic E-state index is 11.0. The summed E-state index contributed by atoms with van der Waals surface area (Å²) in [7, 11) is 0. The molecule has 2 heterocycles. The van der Waals surface area contributed by atoms with Crippen LogP contribution in [0.25, 0.3) is 10.7 Å². The Labute approximate surface area is 103 Å². The number of aryl methyl sites for hydroxylation is 2. The van der Waals surface area contributed by atoms with Gasteiger partial charge in [0, 0.05) is 6.20 Å². The summed E-state index contributed by atoms with van der Waals surface area (Å²) in [4.78, 5) is 19.8. The average Bonchev–Trinajstić information content (AvgIpc) is 2.71. The minimum absolute atomic E-state index is 0.285. The number of rotatable bonds is 3. The largest absolute Gasteiger partial charge is 0.477 e. The highest BCUT2D eigenvalue weighted by molar-refractivity contribution is 7.17. The summed E-state index contributed by atoms with van der Waals surface area (Å²) in [6, 6.07) is 3.86. The molecule has 0 radical (unpaired) electrons. The number of hydrogen-bond donors (Lipinski definition) is 1. The Morgan fingerprint density at radius 1 is 1.53 bits per heavy atom. The first-order valence-electron chi connectivity index (χ1n) is 5.28. The zero-order valence-electron chi connectivity index (χ0n) is 9.60. The normalized spacial score (nSPS) is 10.5. The molecule has 2 aromatic rings. The highest BCUT2D eigenvalue weighted by Gasteiger charge is 2.17. The SMILES string of the molecule is CCc1cccnc1-c1nc(C)c(C(=O)O)s1. The third-order valence-electron chi connectivity index (χ3n) is 2.47. The van der Waals surface area contributed by atoms with Crippen LogP contribution in [0.15, 0.2) is 18.3 Å². The van der Waals surface area contributed by atoms with Crippen LogP contribution in [0.4, 0.5) is 0 Å². The summed E-state index contributed by atoms with van der Waals surface area (Å²) >= 11 is 1.18. The molecule has 0 bridgehead atoms. The zero-order chi connectivity index (χ0) is 12.4. The smallest absolute Gasteiger partial charge is 0.347 e. The number of carboxylic acids is 1. The molecular formula is C12H12N2O2S. The first-order chi connectivity index (χ1) is 8.13. The second-order valence-electron chi connectivity index (χ2n) is 3.60. The third kappa shape index (κ3) is 2.19. The fourth-order valence-corrected chi connectivity index (χ4v) is 2.55. The molecule has 0 aliphatic rings. The van der Waals surface area contributed by atoms with Crippen molar-refractivity contribution in [1.29, 1.82) is 0 Å². The van der Waals surface area contributed by atoms with Gasteiger partial charge in [-0.3, -0.25) is 4.98 Å². The van der Waals surface area contributed by atoms with Gasteiger partial charge in [-0.05, 0) is 25.0 Å². The van der Waals surface area contributed by atoms with E-state index in [0.717, 1.165) is 17.7 Å². The van der Waals surface area contributed by atoms with E-state index in [2.05, 4.69) is 9.97 Å². The van der Waals surface area contributed by atoms with Gasteiger partial charge in [0.2, 0.25) is 0 Å². The molecule has 0 aliphatic carbocycles. The number of pyridine rings is 1. The molecule has 0 aromatic carbocycles. The maximum absolute atomic E-state index is 11.0. The van der Waals surface area contributed by atoms with Gasteiger partial charge in [0.1, 0.15) is 15.6 Å². The molecular weight excluding hydrogens is 236 g/mol. The topological polar surface area (TPSA) is 63.1 Å². The third-order valence-corrected chi connectivity index (χ3v) is 3.62. The van der Waals surface area contributed by atoms with E-state index >= 15 is 0 Å². The molecule has 5 heteroatoms. The molecule has 0 saturated heterocycles. The van der Waals surface area contributed by atoms with E-state index in [9.17, 15) is 4.79 Å². The van der Waals surface area contributed by atoms with Crippen LogP contribution in [-0.2, 0) is 6.42 Å². The van der Waals surface area contributed by atoms with Crippen LogP contribution in [-0.4, -0.2) is 21.0 Å². The van der Waals surface area contributed by atoms with Crippen LogP contribution in [0.3, 0.4) is 0 Å². The molecule has 0 fully saturated rings. The number of nitrogens with zero attached hydrogens (tertiary/aromatic N) is 2. The van der Waals surface area contributed by atoms with E-state index in [1.54, 1.807) is 13.1 Å². The first-order valence-corrected chi connectivity index (χ1v) is 6.10. The van der Waals surface area contributed by atoms with Crippen molar-refractivity contribution in [1.82, 2.24) is 9.97 Å². The predicted molar refractivity (Wildman–Crippen MR) is 66.4 cm³/mol. The molecule has 0 saturated carbocycles. The lowest BCUT2D eigenvalue weighted by Gasteiger charge is -2.01. The number of carboxylic acid groups (broad SMARTS) is 1. The molecule has 1 N–H and O–H groups in total. The van der Waals surface area contributed by atoms with E-state index in [-0.39, 0.29) is 4.88 Å². The summed E-state index contributed by atoms with van der Waals surface area (Å²) < 4.78 is 0. The molecule has 17 heavy (non-hydrogen) atoms. The summed E-state index contributed by atoms with van der Waals surface area (Å²) in [5, 5.41) is 9.68. The van der Waals surface area contributed by atoms with E-state index in [4.69, 9.17) is 5.11 Å². The lowest BCUT2D eigenvalue weighted by Crippen LogP contribution is -1.94. The summed E-state index contributed by atoms with van der Waals surface area (Å²) in [5.41, 5.74) is 2.42. The van der Waals surface area contributed by atoms with Crippen LogP contribution in [0.1, 0.15) is 27.9 Å². The maximum Gasteiger partial charge on any atom is 0.347 e. The molecule has 0 unspecified atom stereocenters. The molecule has 2 rings (SSSR count). The fourth-order valence-electron chi connectivity index (χ4n) is 1.61. The molecule has 0 amide bonds. The second-order valence-corrected chi connectivity index (χ2v) is 4.60. The van der Waals surface area contributed by atoms with Crippen molar-refractivity contribution in [2.75, 3.05) is 0 Å². The Morgan fingerprint density at radius 3 is 2.88 bits per heavy atom. The second kappa shape index (κ2) is 4.63. The van der Waals surface area contributed by atoms with E-state index in [1.165, 1.54) is 11.3 Å². The van der Waals surface area contributed by atoms with Crippen LogP contribution in [0.2, 0.25) is 0 Å². The number of thiazole rings is 1. The van der Waals surface area contributed by atoms with Crippen molar-refractivity contribution < 1.29 is 9.90 Å². The molecule has 0 aliphatic heterocycles. The monoisotopic (exact) mass is 248 g/mol. The van der Waals surface area contributed by atoms with Crippen molar-refractivity contribution in [2.45, 2.75) is 20.3 Å². The van der Waals surface area contributed by atoms with Crippen LogP contribution >= 0.6 is 11.3 Å².